The topological polar surface area (TPSA) is 62.6 Å². The highest BCUT2D eigenvalue weighted by Gasteiger charge is 2.33. The Kier molecular flexibility index (Phi) is 5.41. The van der Waals surface area contributed by atoms with Crippen LogP contribution in [0, 0.1) is 0 Å². The van der Waals surface area contributed by atoms with E-state index in [2.05, 4.69) is 0 Å². The molecule has 2 heterocycles. The van der Waals surface area contributed by atoms with Crippen LogP contribution in [0.3, 0.4) is 0 Å². The zero-order valence-corrected chi connectivity index (χ0v) is 12.5. The first-order valence-corrected chi connectivity index (χ1v) is 7.75. The number of nitrogens with one attached hydrogen (secondary N) is 3. The fraction of sp³-hybridized carbons (Fsp3) is 0.538. The van der Waals surface area contributed by atoms with E-state index in [1.165, 1.54) is 4.88 Å². The molecule has 0 aromatic carbocycles. The lowest BCUT2D eigenvalue weighted by molar-refractivity contribution is -0.910. The van der Waals surface area contributed by atoms with Crippen molar-refractivity contribution in [2.75, 3.05) is 19.6 Å². The third-order valence-electron chi connectivity index (χ3n) is 3.46. The number of alkyl halides is 3. The summed E-state index contributed by atoms with van der Waals surface area (Å²) in [5, 5.41) is 5.52. The largest absolute Gasteiger partial charge is 0.405 e. The normalized spacial score (nSPS) is 21.6. The summed E-state index contributed by atoms with van der Waals surface area (Å²) in [5.41, 5.74) is 0. The van der Waals surface area contributed by atoms with Crippen molar-refractivity contribution < 1.29 is 27.7 Å². The molecule has 3 amide bonds. The molecule has 1 aromatic rings. The lowest BCUT2D eigenvalue weighted by Crippen LogP contribution is -3.11. The van der Waals surface area contributed by atoms with E-state index in [0.717, 1.165) is 24.3 Å². The van der Waals surface area contributed by atoms with Crippen LogP contribution in [-0.2, 0) is 4.79 Å². The molecule has 0 radical (unpaired) electrons. The number of rotatable bonds is 4. The predicted octanol–water partition coefficient (Wildman–Crippen LogP) is 0.856. The summed E-state index contributed by atoms with van der Waals surface area (Å²) in [6.07, 6.45) is -2.56. The number of likely N-dealkylation sites (tertiary alicyclic amines) is 1. The molecule has 0 aliphatic carbocycles. The molecular weight excluding hydrogens is 319 g/mol. The van der Waals surface area contributed by atoms with Crippen LogP contribution in [0.2, 0.25) is 0 Å². The van der Waals surface area contributed by atoms with Gasteiger partial charge in [0.25, 0.3) is 5.91 Å². The molecule has 5 nitrogen and oxygen atoms in total. The van der Waals surface area contributed by atoms with Crippen LogP contribution >= 0.6 is 11.3 Å². The molecule has 2 atom stereocenters. The SMILES string of the molecule is O=C(C[NH+]1CCC[C@@H]1c1cccs1)NC(=O)NCC(F)(F)F. The van der Waals surface area contributed by atoms with Crippen molar-refractivity contribution in [1.82, 2.24) is 10.6 Å². The fourth-order valence-corrected chi connectivity index (χ4v) is 3.48. The van der Waals surface area contributed by atoms with E-state index in [1.54, 1.807) is 16.7 Å². The average Bonchev–Trinajstić information content (AvgIpc) is 3.05. The van der Waals surface area contributed by atoms with Crippen molar-refractivity contribution in [2.24, 2.45) is 0 Å². The number of quaternary nitrogens is 1. The molecule has 122 valence electrons. The van der Waals surface area contributed by atoms with Gasteiger partial charge in [0.05, 0.1) is 11.4 Å². The molecule has 1 unspecified atom stereocenters. The third-order valence-corrected chi connectivity index (χ3v) is 4.45. The number of halogens is 3. The highest BCUT2D eigenvalue weighted by molar-refractivity contribution is 7.10. The van der Waals surface area contributed by atoms with Gasteiger partial charge in [-0.15, -0.1) is 11.3 Å². The van der Waals surface area contributed by atoms with E-state index >= 15 is 0 Å². The molecule has 1 aliphatic heterocycles. The monoisotopic (exact) mass is 336 g/mol. The van der Waals surface area contributed by atoms with Gasteiger partial charge in [-0.2, -0.15) is 13.2 Å². The van der Waals surface area contributed by atoms with Gasteiger partial charge in [0.1, 0.15) is 12.6 Å². The first-order valence-electron chi connectivity index (χ1n) is 6.87. The Balaban J connectivity index is 1.80. The van der Waals surface area contributed by atoms with E-state index in [1.807, 2.05) is 22.8 Å². The minimum absolute atomic E-state index is 0.0714. The maximum absolute atomic E-state index is 12.0. The third kappa shape index (κ3) is 4.99. The first-order chi connectivity index (χ1) is 10.3. The Morgan fingerprint density at radius 2 is 2.18 bits per heavy atom. The molecule has 0 saturated carbocycles. The summed E-state index contributed by atoms with van der Waals surface area (Å²) in [6.45, 7) is -0.581. The number of carbonyl (C=O) groups excluding carboxylic acids is 2. The summed E-state index contributed by atoms with van der Waals surface area (Å²) in [6, 6.07) is 3.05. The van der Waals surface area contributed by atoms with Crippen LogP contribution in [0.1, 0.15) is 23.8 Å². The van der Waals surface area contributed by atoms with Gasteiger partial charge in [0.15, 0.2) is 6.54 Å². The Bertz CT molecular complexity index is 519. The van der Waals surface area contributed by atoms with E-state index in [-0.39, 0.29) is 12.6 Å². The smallest absolute Gasteiger partial charge is 0.329 e. The van der Waals surface area contributed by atoms with Crippen molar-refractivity contribution in [3.63, 3.8) is 0 Å². The van der Waals surface area contributed by atoms with Crippen molar-refractivity contribution in [2.45, 2.75) is 25.1 Å². The first kappa shape index (κ1) is 16.8. The molecule has 1 fully saturated rings. The lowest BCUT2D eigenvalue weighted by atomic mass is 10.2. The van der Waals surface area contributed by atoms with E-state index in [4.69, 9.17) is 0 Å². The van der Waals surface area contributed by atoms with E-state index in [9.17, 15) is 22.8 Å². The Morgan fingerprint density at radius 3 is 2.82 bits per heavy atom. The summed E-state index contributed by atoms with van der Waals surface area (Å²) < 4.78 is 35.9. The van der Waals surface area contributed by atoms with E-state index < -0.39 is 24.7 Å². The van der Waals surface area contributed by atoms with Crippen LogP contribution < -0.4 is 15.5 Å². The lowest BCUT2D eigenvalue weighted by Gasteiger charge is -2.19. The average molecular weight is 336 g/mol. The van der Waals surface area contributed by atoms with Gasteiger partial charge in [-0.3, -0.25) is 10.1 Å². The Labute approximate surface area is 129 Å². The molecule has 0 spiro atoms. The summed E-state index contributed by atoms with van der Waals surface area (Å²) in [4.78, 5) is 25.2. The van der Waals surface area contributed by atoms with Crippen LogP contribution in [0.25, 0.3) is 0 Å². The highest BCUT2D eigenvalue weighted by atomic mass is 32.1. The number of carbonyl (C=O) groups is 2. The second kappa shape index (κ2) is 7.10. The van der Waals surface area contributed by atoms with Gasteiger partial charge in [0.2, 0.25) is 0 Å². The molecule has 0 bridgehead atoms. The zero-order valence-electron chi connectivity index (χ0n) is 11.7. The number of thiophene rings is 1. The zero-order chi connectivity index (χ0) is 16.2. The maximum Gasteiger partial charge on any atom is 0.405 e. The molecule has 1 aromatic heterocycles. The van der Waals surface area contributed by atoms with Crippen LogP contribution in [0.4, 0.5) is 18.0 Å². The minimum Gasteiger partial charge on any atom is -0.329 e. The summed E-state index contributed by atoms with van der Waals surface area (Å²) in [5.74, 6) is -0.571. The molecule has 1 aliphatic rings. The number of imide groups is 1. The number of hydrogen-bond acceptors (Lipinski definition) is 3. The molecule has 2 rings (SSSR count). The summed E-state index contributed by atoms with van der Waals surface area (Å²) in [7, 11) is 0. The molecule has 9 heteroatoms. The molecular formula is C13H17F3N3O2S+. The number of amides is 3. The van der Waals surface area contributed by atoms with Gasteiger partial charge in [-0.1, -0.05) is 6.07 Å². The molecule has 1 saturated heterocycles. The van der Waals surface area contributed by atoms with Gasteiger partial charge in [-0.25, -0.2) is 4.79 Å². The van der Waals surface area contributed by atoms with Crippen molar-refractivity contribution >= 4 is 23.3 Å². The van der Waals surface area contributed by atoms with Crippen molar-refractivity contribution in [3.05, 3.63) is 22.4 Å². The maximum atomic E-state index is 12.0. The Hall–Kier alpha value is -1.61. The number of hydrogen-bond donors (Lipinski definition) is 3. The second-order valence-corrected chi connectivity index (χ2v) is 6.12. The summed E-state index contributed by atoms with van der Waals surface area (Å²) >= 11 is 1.62. The van der Waals surface area contributed by atoms with Gasteiger partial charge < -0.3 is 10.2 Å². The van der Waals surface area contributed by atoms with Crippen LogP contribution in [-0.4, -0.2) is 37.7 Å². The predicted molar refractivity (Wildman–Crippen MR) is 74.6 cm³/mol. The highest BCUT2D eigenvalue weighted by Crippen LogP contribution is 2.23. The fourth-order valence-electron chi connectivity index (χ4n) is 2.56. The van der Waals surface area contributed by atoms with Gasteiger partial charge in [-0.05, 0) is 11.4 Å². The Morgan fingerprint density at radius 1 is 1.41 bits per heavy atom. The quantitative estimate of drug-likeness (QED) is 0.764. The van der Waals surface area contributed by atoms with Crippen molar-refractivity contribution in [1.29, 1.82) is 0 Å². The molecule has 22 heavy (non-hydrogen) atoms. The van der Waals surface area contributed by atoms with Gasteiger partial charge in [0, 0.05) is 12.8 Å². The van der Waals surface area contributed by atoms with Gasteiger partial charge >= 0.3 is 12.2 Å². The molecule has 3 N–H and O–H groups in total. The standard InChI is InChI=1S/C13H16F3N3O2S/c14-13(15,16)8-17-12(21)18-11(20)7-19-5-1-3-9(19)10-4-2-6-22-10/h2,4,6,9H,1,3,5,7-8H2,(H2,17,18,20,21)/p+1/t9-/m1/s1. The number of urea groups is 1. The second-order valence-electron chi connectivity index (χ2n) is 5.14. The minimum atomic E-state index is -4.50. The van der Waals surface area contributed by atoms with Crippen LogP contribution in [0.15, 0.2) is 17.5 Å². The van der Waals surface area contributed by atoms with Crippen LogP contribution in [0.5, 0.6) is 0 Å². The van der Waals surface area contributed by atoms with E-state index in [0.29, 0.717) is 0 Å². The van der Waals surface area contributed by atoms with Crippen molar-refractivity contribution in [3.8, 4) is 0 Å².